The second-order valence-electron chi connectivity index (χ2n) is 6.78. The maximum absolute atomic E-state index is 12.8. The molecule has 0 atom stereocenters. The van der Waals surface area contributed by atoms with Crippen LogP contribution in [0.3, 0.4) is 0 Å². The highest BCUT2D eigenvalue weighted by Gasteiger charge is 2.42. The summed E-state index contributed by atoms with van der Waals surface area (Å²) >= 11 is 0. The van der Waals surface area contributed by atoms with Gasteiger partial charge in [-0.2, -0.15) is 9.35 Å². The number of morpholine rings is 1. The first-order valence-electron chi connectivity index (χ1n) is 8.81. The van der Waals surface area contributed by atoms with Gasteiger partial charge >= 0.3 is 0 Å². The molecule has 2 aliphatic rings. The van der Waals surface area contributed by atoms with Crippen molar-refractivity contribution in [2.45, 2.75) is 31.8 Å². The van der Waals surface area contributed by atoms with Gasteiger partial charge in [-0.1, -0.05) is 6.92 Å². The molecule has 0 unspecified atom stereocenters. The number of carbonyl (C=O) groups excluding carboxylic acids is 1. The number of ether oxygens (including phenoxy) is 1. The van der Waals surface area contributed by atoms with E-state index in [4.69, 9.17) is 4.74 Å². The van der Waals surface area contributed by atoms with Crippen LogP contribution in [0, 0.1) is 0 Å². The van der Waals surface area contributed by atoms with Crippen molar-refractivity contribution in [3.05, 3.63) is 12.5 Å². The largest absolute Gasteiger partial charge is 0.371 e. The van der Waals surface area contributed by atoms with E-state index < -0.39 is 9.73 Å². The summed E-state index contributed by atoms with van der Waals surface area (Å²) in [6, 6.07) is 0. The van der Waals surface area contributed by atoms with Gasteiger partial charge in [0.1, 0.15) is 5.52 Å². The van der Waals surface area contributed by atoms with Crippen LogP contribution >= 0.6 is 0 Å². The standard InChI is InChI=1S/C16H22N6O3S/c1-2-13(23)21-26(24)7-3-16(4-8-26)10-22(5-6-25-16)15-17-9-12-14(20-15)19-11-18-12/h9,11H,2-8,10H2,1H3,(H,17,18,19,20). The first kappa shape index (κ1) is 17.3. The molecule has 2 fully saturated rings. The topological polar surface area (TPSA) is 113 Å². The Morgan fingerprint density at radius 1 is 1.42 bits per heavy atom. The van der Waals surface area contributed by atoms with Gasteiger partial charge in [0.05, 0.1) is 41.0 Å². The number of amides is 1. The molecule has 0 bridgehead atoms. The number of carbonyl (C=O) groups is 1. The van der Waals surface area contributed by atoms with E-state index in [9.17, 15) is 9.00 Å². The van der Waals surface area contributed by atoms with E-state index >= 15 is 0 Å². The Morgan fingerprint density at radius 3 is 3.00 bits per heavy atom. The molecular weight excluding hydrogens is 356 g/mol. The smallest absolute Gasteiger partial charge is 0.253 e. The number of hydrogen-bond donors (Lipinski definition) is 1. The average Bonchev–Trinajstić information content (AvgIpc) is 3.12. The van der Waals surface area contributed by atoms with Gasteiger partial charge in [-0.05, 0) is 12.8 Å². The number of anilines is 1. The second kappa shape index (κ2) is 6.58. The molecule has 1 spiro atoms. The Hall–Kier alpha value is -2.07. The summed E-state index contributed by atoms with van der Waals surface area (Å²) < 4.78 is 22.8. The average molecular weight is 378 g/mol. The Kier molecular flexibility index (Phi) is 4.39. The molecule has 2 aromatic rings. The molecule has 140 valence electrons. The normalized spacial score (nSPS) is 29.2. The van der Waals surface area contributed by atoms with E-state index in [0.717, 1.165) is 5.52 Å². The van der Waals surface area contributed by atoms with Gasteiger partial charge in [-0.25, -0.2) is 14.2 Å². The summed E-state index contributed by atoms with van der Waals surface area (Å²) in [5.74, 6) is 1.14. The number of rotatable bonds is 2. The van der Waals surface area contributed by atoms with Crippen molar-refractivity contribution in [3.8, 4) is 0 Å². The van der Waals surface area contributed by atoms with Crippen LogP contribution in [0.25, 0.3) is 11.2 Å². The molecule has 1 amide bonds. The van der Waals surface area contributed by atoms with Gasteiger partial charge in [0.15, 0.2) is 5.65 Å². The van der Waals surface area contributed by atoms with Crippen molar-refractivity contribution >= 4 is 32.7 Å². The lowest BCUT2D eigenvalue weighted by Crippen LogP contribution is -2.55. The number of aromatic amines is 1. The summed E-state index contributed by atoms with van der Waals surface area (Å²) in [6.45, 7) is 3.64. The fourth-order valence-corrected chi connectivity index (χ4v) is 5.73. The molecule has 2 saturated heterocycles. The zero-order valence-corrected chi connectivity index (χ0v) is 15.5. The summed E-state index contributed by atoms with van der Waals surface area (Å²) in [4.78, 5) is 29.8. The predicted molar refractivity (Wildman–Crippen MR) is 97.4 cm³/mol. The van der Waals surface area contributed by atoms with Gasteiger partial charge in [0.2, 0.25) is 5.95 Å². The molecule has 0 aromatic carbocycles. The Bertz CT molecular complexity index is 934. The SMILES string of the molecule is CCC(=O)N=S1(=O)CCC2(CC1)CN(c1ncc3[nH]cnc3n1)CCO2. The van der Waals surface area contributed by atoms with Gasteiger partial charge in [0.25, 0.3) is 5.91 Å². The highest BCUT2D eigenvalue weighted by atomic mass is 32.2. The summed E-state index contributed by atoms with van der Waals surface area (Å²) in [5.41, 5.74) is 1.06. The molecule has 4 heterocycles. The summed E-state index contributed by atoms with van der Waals surface area (Å²) in [6.07, 6.45) is 4.86. The highest BCUT2D eigenvalue weighted by Crippen LogP contribution is 2.33. The molecule has 2 aliphatic heterocycles. The number of imidazole rings is 1. The lowest BCUT2D eigenvalue weighted by atomic mass is 9.94. The van der Waals surface area contributed by atoms with Crippen LogP contribution in [0.15, 0.2) is 16.9 Å². The van der Waals surface area contributed by atoms with E-state index in [1.807, 2.05) is 0 Å². The quantitative estimate of drug-likeness (QED) is 0.833. The van der Waals surface area contributed by atoms with Crippen LogP contribution in [0.5, 0.6) is 0 Å². The van der Waals surface area contributed by atoms with Crippen LogP contribution in [0.1, 0.15) is 26.2 Å². The number of aromatic nitrogens is 4. The van der Waals surface area contributed by atoms with Crippen molar-refractivity contribution < 1.29 is 13.7 Å². The Morgan fingerprint density at radius 2 is 2.23 bits per heavy atom. The third kappa shape index (κ3) is 3.30. The van der Waals surface area contributed by atoms with Crippen LogP contribution in [-0.2, 0) is 19.3 Å². The lowest BCUT2D eigenvalue weighted by Gasteiger charge is -2.45. The minimum absolute atomic E-state index is 0.280. The van der Waals surface area contributed by atoms with E-state index in [0.29, 0.717) is 62.1 Å². The van der Waals surface area contributed by atoms with Gasteiger partial charge in [-0.15, -0.1) is 0 Å². The monoisotopic (exact) mass is 378 g/mol. The minimum Gasteiger partial charge on any atom is -0.371 e. The van der Waals surface area contributed by atoms with E-state index in [2.05, 4.69) is 29.2 Å². The van der Waals surface area contributed by atoms with Gasteiger partial charge < -0.3 is 14.6 Å². The Balaban J connectivity index is 1.51. The third-order valence-corrected chi connectivity index (χ3v) is 7.24. The van der Waals surface area contributed by atoms with Crippen LogP contribution in [0.4, 0.5) is 5.95 Å². The predicted octanol–water partition coefficient (Wildman–Crippen LogP) is 1.13. The molecule has 0 aliphatic carbocycles. The highest BCUT2D eigenvalue weighted by molar-refractivity contribution is 7.93. The zero-order chi connectivity index (χ0) is 18.2. The van der Waals surface area contributed by atoms with Crippen LogP contribution in [-0.4, -0.2) is 66.9 Å². The maximum Gasteiger partial charge on any atom is 0.253 e. The number of hydrogen-bond acceptors (Lipinski definition) is 7. The first-order chi connectivity index (χ1) is 12.5. The third-order valence-electron chi connectivity index (χ3n) is 5.02. The van der Waals surface area contributed by atoms with Gasteiger partial charge in [0, 0.05) is 24.5 Å². The molecule has 1 N–H and O–H groups in total. The van der Waals surface area contributed by atoms with Crippen molar-refractivity contribution in [1.82, 2.24) is 19.9 Å². The summed E-state index contributed by atoms with van der Waals surface area (Å²) in [7, 11) is -2.45. The van der Waals surface area contributed by atoms with Gasteiger partial charge in [-0.3, -0.25) is 4.79 Å². The van der Waals surface area contributed by atoms with Crippen molar-refractivity contribution in [2.24, 2.45) is 4.36 Å². The maximum atomic E-state index is 12.8. The fourth-order valence-electron chi connectivity index (χ4n) is 3.46. The molecular formula is C16H22N6O3S. The molecule has 4 rings (SSSR count). The lowest BCUT2D eigenvalue weighted by molar-refractivity contribution is -0.117. The zero-order valence-electron chi connectivity index (χ0n) is 14.7. The molecule has 2 aromatic heterocycles. The second-order valence-corrected chi connectivity index (χ2v) is 9.33. The van der Waals surface area contributed by atoms with E-state index in [1.165, 1.54) is 0 Å². The van der Waals surface area contributed by atoms with Crippen molar-refractivity contribution in [1.29, 1.82) is 0 Å². The number of fused-ring (bicyclic) bond motifs is 1. The summed E-state index contributed by atoms with van der Waals surface area (Å²) in [5, 5.41) is 0. The van der Waals surface area contributed by atoms with Crippen LogP contribution < -0.4 is 4.90 Å². The molecule has 9 nitrogen and oxygen atoms in total. The van der Waals surface area contributed by atoms with Crippen molar-refractivity contribution in [3.63, 3.8) is 0 Å². The minimum atomic E-state index is -2.45. The molecule has 26 heavy (non-hydrogen) atoms. The molecule has 10 heteroatoms. The fraction of sp³-hybridized carbons (Fsp3) is 0.625. The van der Waals surface area contributed by atoms with E-state index in [-0.39, 0.29) is 11.5 Å². The molecule has 0 radical (unpaired) electrons. The van der Waals surface area contributed by atoms with Crippen molar-refractivity contribution in [2.75, 3.05) is 36.1 Å². The number of nitrogens with one attached hydrogen (secondary N) is 1. The van der Waals surface area contributed by atoms with Crippen LogP contribution in [0.2, 0.25) is 0 Å². The molecule has 0 saturated carbocycles. The van der Waals surface area contributed by atoms with E-state index in [1.54, 1.807) is 19.4 Å². The first-order valence-corrected chi connectivity index (χ1v) is 10.7. The number of H-pyrrole nitrogens is 1. The number of nitrogens with zero attached hydrogens (tertiary/aromatic N) is 5. The Labute approximate surface area is 151 Å².